The molecule has 14 nitrogen and oxygen atoms in total. The van der Waals surface area contributed by atoms with Crippen LogP contribution in [0, 0.1) is 16.0 Å². The van der Waals surface area contributed by atoms with Gasteiger partial charge in [-0.2, -0.15) is 4.31 Å². The van der Waals surface area contributed by atoms with Gasteiger partial charge in [0.15, 0.2) is 12.2 Å². The van der Waals surface area contributed by atoms with Crippen LogP contribution in [0.3, 0.4) is 0 Å². The first-order valence-electron chi connectivity index (χ1n) is 13.9. The van der Waals surface area contributed by atoms with Crippen molar-refractivity contribution >= 4 is 16.1 Å². The van der Waals surface area contributed by atoms with Crippen LogP contribution in [-0.2, 0) is 35.5 Å². The summed E-state index contributed by atoms with van der Waals surface area (Å²) in [7, 11) is -2.53. The van der Waals surface area contributed by atoms with E-state index in [1.165, 1.54) is 23.5 Å². The lowest BCUT2D eigenvalue weighted by Crippen LogP contribution is -2.52. The van der Waals surface area contributed by atoms with Gasteiger partial charge >= 0.3 is 6.09 Å². The monoisotopic (exact) mass is 623 g/mol. The Kier molecular flexibility index (Phi) is 10.8. The molecular formula is C28H37N3O11S. The van der Waals surface area contributed by atoms with E-state index in [4.69, 9.17) is 18.9 Å². The Labute approximate surface area is 250 Å². The third-order valence-corrected chi connectivity index (χ3v) is 9.01. The van der Waals surface area contributed by atoms with E-state index in [0.717, 1.165) is 5.56 Å². The van der Waals surface area contributed by atoms with E-state index in [2.05, 4.69) is 10.2 Å². The molecule has 1 amide bonds. The molecular weight excluding hydrogens is 586 g/mol. The summed E-state index contributed by atoms with van der Waals surface area (Å²) in [5.41, 5.74) is 0.795. The summed E-state index contributed by atoms with van der Waals surface area (Å²) in [6.45, 7) is 3.40. The Morgan fingerprint density at radius 1 is 1.07 bits per heavy atom. The number of rotatable bonds is 14. The fourth-order valence-corrected chi connectivity index (χ4v) is 6.74. The standard InChI is InChI=1S/C28H37N3O11S/c1-18(2)14-30(43(36,37)21-11-9-20(38-3)10-12-21)15-23(32)22(13-19-7-5-4-6-8-19)29-28(33)41-24-16-39-27-25(42-31(34)35)17-40-26(24)27/h4-12,18,22-27,32H,13-17H2,1-3H3,(H,29,33)/t22-,23+,24+,25-,26-,27-/m0/s1. The van der Waals surface area contributed by atoms with Crippen LogP contribution in [0.1, 0.15) is 19.4 Å². The number of aliphatic hydroxyl groups excluding tert-OH is 1. The van der Waals surface area contributed by atoms with Crippen LogP contribution >= 0.6 is 0 Å². The molecule has 2 heterocycles. The van der Waals surface area contributed by atoms with E-state index in [1.807, 2.05) is 44.2 Å². The summed E-state index contributed by atoms with van der Waals surface area (Å²) < 4.78 is 50.2. The molecule has 2 aliphatic rings. The lowest BCUT2D eigenvalue weighted by molar-refractivity contribution is -0.769. The van der Waals surface area contributed by atoms with E-state index in [0.29, 0.717) is 5.75 Å². The van der Waals surface area contributed by atoms with Gasteiger partial charge in [0.1, 0.15) is 18.0 Å². The molecule has 0 spiro atoms. The Morgan fingerprint density at radius 3 is 2.30 bits per heavy atom. The summed E-state index contributed by atoms with van der Waals surface area (Å²) in [4.78, 5) is 28.4. The van der Waals surface area contributed by atoms with Crippen molar-refractivity contribution in [1.29, 1.82) is 0 Å². The molecule has 2 saturated heterocycles. The summed E-state index contributed by atoms with van der Waals surface area (Å²) >= 11 is 0. The number of aliphatic hydroxyl groups is 1. The van der Waals surface area contributed by atoms with Gasteiger partial charge in [-0.05, 0) is 42.2 Å². The third-order valence-electron chi connectivity index (χ3n) is 7.17. The summed E-state index contributed by atoms with van der Waals surface area (Å²) in [5, 5.41) is 23.9. The van der Waals surface area contributed by atoms with Gasteiger partial charge in [0.05, 0.1) is 37.4 Å². The number of sulfonamides is 1. The average Bonchev–Trinajstić information content (AvgIpc) is 3.55. The van der Waals surface area contributed by atoms with Gasteiger partial charge in [-0.15, -0.1) is 10.1 Å². The van der Waals surface area contributed by atoms with E-state index >= 15 is 0 Å². The van der Waals surface area contributed by atoms with Gasteiger partial charge in [-0.25, -0.2) is 13.2 Å². The molecule has 0 saturated carbocycles. The first-order chi connectivity index (χ1) is 20.5. The Morgan fingerprint density at radius 2 is 1.70 bits per heavy atom. The van der Waals surface area contributed by atoms with Crippen molar-refractivity contribution in [3.8, 4) is 5.75 Å². The van der Waals surface area contributed by atoms with Gasteiger partial charge in [0, 0.05) is 13.1 Å². The zero-order valence-electron chi connectivity index (χ0n) is 24.1. The van der Waals surface area contributed by atoms with Crippen molar-refractivity contribution in [3.63, 3.8) is 0 Å². The molecule has 0 aromatic heterocycles. The number of carbonyl (C=O) groups excluding carboxylic acids is 1. The highest BCUT2D eigenvalue weighted by Gasteiger charge is 2.51. The highest BCUT2D eigenvalue weighted by Crippen LogP contribution is 2.30. The number of nitrogens with zero attached hydrogens (tertiary/aromatic N) is 2. The number of alkyl carbamates (subject to hydrolysis) is 1. The molecule has 2 aromatic rings. The maximum Gasteiger partial charge on any atom is 0.407 e. The number of ether oxygens (including phenoxy) is 4. The van der Waals surface area contributed by atoms with Crippen LogP contribution in [0.4, 0.5) is 4.79 Å². The molecule has 6 atom stereocenters. The van der Waals surface area contributed by atoms with Gasteiger partial charge in [-0.3, -0.25) is 0 Å². The molecule has 0 unspecified atom stereocenters. The SMILES string of the molecule is COc1ccc(S(=O)(=O)N(CC(C)C)C[C@@H](O)[C@H](Cc2ccccc2)NC(=O)O[C@@H]2CO[C@@H]3[C@H]2OC[C@@H]3O[N+](=O)[O-])cc1. The lowest BCUT2D eigenvalue weighted by Gasteiger charge is -2.31. The van der Waals surface area contributed by atoms with Crippen molar-refractivity contribution in [1.82, 2.24) is 9.62 Å². The van der Waals surface area contributed by atoms with Crippen molar-refractivity contribution < 1.29 is 47.2 Å². The van der Waals surface area contributed by atoms with Crippen molar-refractivity contribution in [3.05, 3.63) is 70.3 Å². The summed E-state index contributed by atoms with van der Waals surface area (Å²) in [6, 6.07) is 14.1. The molecule has 2 fully saturated rings. The molecule has 2 N–H and O–H groups in total. The second-order valence-corrected chi connectivity index (χ2v) is 12.7. The normalized spacial score (nSPS) is 23.0. The lowest BCUT2D eigenvalue weighted by atomic mass is 10.0. The van der Waals surface area contributed by atoms with E-state index < -0.39 is 57.8 Å². The highest BCUT2D eigenvalue weighted by molar-refractivity contribution is 7.89. The number of hydrogen-bond donors (Lipinski definition) is 2. The Balaban J connectivity index is 1.48. The van der Waals surface area contributed by atoms with Crippen LogP contribution in [0.5, 0.6) is 5.75 Å². The van der Waals surface area contributed by atoms with Crippen molar-refractivity contribution in [2.45, 2.75) is 61.7 Å². The minimum atomic E-state index is -4.01. The van der Waals surface area contributed by atoms with Crippen molar-refractivity contribution in [2.24, 2.45) is 5.92 Å². The zero-order valence-corrected chi connectivity index (χ0v) is 24.9. The number of nitrogens with one attached hydrogen (secondary N) is 1. The molecule has 43 heavy (non-hydrogen) atoms. The molecule has 0 aliphatic carbocycles. The molecule has 0 bridgehead atoms. The molecule has 0 radical (unpaired) electrons. The average molecular weight is 624 g/mol. The van der Waals surface area contributed by atoms with Crippen LogP contribution in [-0.4, -0.2) is 99.0 Å². The maximum atomic E-state index is 13.6. The predicted octanol–water partition coefficient (Wildman–Crippen LogP) is 1.78. The number of hydrogen-bond acceptors (Lipinski definition) is 11. The number of benzene rings is 2. The highest BCUT2D eigenvalue weighted by atomic mass is 32.2. The van der Waals surface area contributed by atoms with Crippen LogP contribution in [0.15, 0.2) is 59.5 Å². The molecule has 4 rings (SSSR count). The fraction of sp³-hybridized carbons (Fsp3) is 0.536. The van der Waals surface area contributed by atoms with E-state index in [-0.39, 0.29) is 43.5 Å². The molecule has 2 aromatic carbocycles. The Hall–Kier alpha value is -3.50. The van der Waals surface area contributed by atoms with E-state index in [9.17, 15) is 28.4 Å². The first kappa shape index (κ1) is 32.4. The van der Waals surface area contributed by atoms with Gasteiger partial charge in [0.2, 0.25) is 10.0 Å². The molecule has 2 aliphatic heterocycles. The van der Waals surface area contributed by atoms with Gasteiger partial charge in [0.25, 0.3) is 5.09 Å². The van der Waals surface area contributed by atoms with Crippen molar-refractivity contribution in [2.75, 3.05) is 33.4 Å². The molecule has 236 valence electrons. The topological polar surface area (TPSA) is 176 Å². The second-order valence-electron chi connectivity index (χ2n) is 10.8. The quantitative estimate of drug-likeness (QED) is 0.232. The fourth-order valence-electron chi connectivity index (χ4n) is 5.12. The number of methoxy groups -OCH3 is 1. The summed E-state index contributed by atoms with van der Waals surface area (Å²) in [5.74, 6) is 0.443. The second kappa shape index (κ2) is 14.3. The third kappa shape index (κ3) is 8.32. The van der Waals surface area contributed by atoms with Gasteiger partial charge < -0.3 is 34.2 Å². The van der Waals surface area contributed by atoms with Crippen LogP contribution in [0.25, 0.3) is 0 Å². The van der Waals surface area contributed by atoms with Crippen LogP contribution < -0.4 is 10.1 Å². The number of carbonyl (C=O) groups is 1. The Bertz CT molecular complexity index is 1330. The smallest absolute Gasteiger partial charge is 0.407 e. The number of fused-ring (bicyclic) bond motifs is 1. The first-order valence-corrected chi connectivity index (χ1v) is 15.3. The minimum absolute atomic E-state index is 0.0415. The van der Waals surface area contributed by atoms with E-state index in [1.54, 1.807) is 12.1 Å². The molecule has 15 heteroatoms. The largest absolute Gasteiger partial charge is 0.497 e. The maximum absolute atomic E-state index is 13.6. The summed E-state index contributed by atoms with van der Waals surface area (Å²) in [6.07, 6.45) is -5.38. The zero-order chi connectivity index (χ0) is 31.1. The van der Waals surface area contributed by atoms with Gasteiger partial charge in [-0.1, -0.05) is 44.2 Å². The predicted molar refractivity (Wildman–Crippen MR) is 151 cm³/mol. The number of amides is 1. The van der Waals surface area contributed by atoms with Crippen LogP contribution in [0.2, 0.25) is 0 Å². The minimum Gasteiger partial charge on any atom is -0.497 e.